The summed E-state index contributed by atoms with van der Waals surface area (Å²) in [4.78, 5) is -0.134. The van der Waals surface area contributed by atoms with Gasteiger partial charge in [0, 0.05) is 4.87 Å². The van der Waals surface area contributed by atoms with Gasteiger partial charge in [0.2, 0.25) is 0 Å². The number of allylic oxidation sites excluding steroid dienone is 1. The molecule has 0 N–H and O–H groups in total. The molecule has 0 nitrogen and oxygen atoms in total. The Kier molecular flexibility index (Phi) is 8.23. The summed E-state index contributed by atoms with van der Waals surface area (Å²) < 4.78 is 0. The van der Waals surface area contributed by atoms with Crippen LogP contribution in [0.3, 0.4) is 0 Å². The summed E-state index contributed by atoms with van der Waals surface area (Å²) in [6.45, 7) is 10.3. The van der Waals surface area contributed by atoms with Gasteiger partial charge < -0.3 is 0 Å². The topological polar surface area (TPSA) is 0 Å². The second-order valence-electron chi connectivity index (χ2n) is 4.96. The standard InChI is InChI=1S/C14H27Cl/c1-5-7-8-9-10-11-12-13(6-2)14(3,4)15/h6,13H,2,5,7-12H2,1,3-4H3. The van der Waals surface area contributed by atoms with Gasteiger partial charge in [-0.25, -0.2) is 0 Å². The fourth-order valence-electron chi connectivity index (χ4n) is 1.89. The van der Waals surface area contributed by atoms with Crippen molar-refractivity contribution in [2.24, 2.45) is 5.92 Å². The van der Waals surface area contributed by atoms with E-state index >= 15 is 0 Å². The number of hydrogen-bond donors (Lipinski definition) is 0. The predicted octanol–water partition coefficient (Wildman–Crippen LogP) is 5.56. The summed E-state index contributed by atoms with van der Waals surface area (Å²) >= 11 is 6.29. The highest BCUT2D eigenvalue weighted by Crippen LogP contribution is 2.29. The van der Waals surface area contributed by atoms with Crippen molar-refractivity contribution in [3.63, 3.8) is 0 Å². The molecule has 0 spiro atoms. The number of hydrogen-bond acceptors (Lipinski definition) is 0. The molecule has 0 radical (unpaired) electrons. The van der Waals surface area contributed by atoms with Gasteiger partial charge in [0.1, 0.15) is 0 Å². The van der Waals surface area contributed by atoms with Crippen molar-refractivity contribution >= 4 is 11.6 Å². The molecule has 0 fully saturated rings. The van der Waals surface area contributed by atoms with Gasteiger partial charge in [0.15, 0.2) is 0 Å². The number of unbranched alkanes of at least 4 members (excludes halogenated alkanes) is 5. The minimum absolute atomic E-state index is 0.134. The molecular weight excluding hydrogens is 204 g/mol. The van der Waals surface area contributed by atoms with Gasteiger partial charge in [0.05, 0.1) is 0 Å². The Bertz CT molecular complexity index is 155. The van der Waals surface area contributed by atoms with E-state index in [1.54, 1.807) is 0 Å². The average Bonchev–Trinajstić information content (AvgIpc) is 2.15. The molecule has 0 saturated heterocycles. The molecule has 0 aromatic rings. The Balaban J connectivity index is 3.52. The van der Waals surface area contributed by atoms with E-state index in [9.17, 15) is 0 Å². The first-order valence-corrected chi connectivity index (χ1v) is 6.71. The van der Waals surface area contributed by atoms with Gasteiger partial charge in [-0.15, -0.1) is 18.2 Å². The molecule has 0 aliphatic heterocycles. The summed E-state index contributed by atoms with van der Waals surface area (Å²) in [5.74, 6) is 0.449. The maximum Gasteiger partial charge on any atom is 0.0452 e. The van der Waals surface area contributed by atoms with E-state index < -0.39 is 0 Å². The van der Waals surface area contributed by atoms with E-state index in [1.165, 1.54) is 44.9 Å². The summed E-state index contributed by atoms with van der Waals surface area (Å²) in [5.41, 5.74) is 0. The Morgan fingerprint density at radius 2 is 1.67 bits per heavy atom. The third-order valence-electron chi connectivity index (χ3n) is 3.03. The van der Waals surface area contributed by atoms with Gasteiger partial charge in [-0.3, -0.25) is 0 Å². The highest BCUT2D eigenvalue weighted by atomic mass is 35.5. The van der Waals surface area contributed by atoms with E-state index in [2.05, 4.69) is 27.4 Å². The molecule has 0 heterocycles. The van der Waals surface area contributed by atoms with Crippen LogP contribution in [0.4, 0.5) is 0 Å². The minimum atomic E-state index is -0.134. The zero-order valence-electron chi connectivity index (χ0n) is 10.7. The summed E-state index contributed by atoms with van der Waals surface area (Å²) in [5, 5.41) is 0. The first kappa shape index (κ1) is 15.0. The van der Waals surface area contributed by atoms with Crippen LogP contribution in [-0.2, 0) is 0 Å². The van der Waals surface area contributed by atoms with Crippen molar-refractivity contribution in [2.75, 3.05) is 0 Å². The van der Waals surface area contributed by atoms with Gasteiger partial charge in [-0.2, -0.15) is 0 Å². The Morgan fingerprint density at radius 1 is 1.13 bits per heavy atom. The quantitative estimate of drug-likeness (QED) is 0.277. The molecule has 0 aromatic heterocycles. The lowest BCUT2D eigenvalue weighted by Gasteiger charge is -2.25. The van der Waals surface area contributed by atoms with E-state index in [-0.39, 0.29) is 4.87 Å². The summed E-state index contributed by atoms with van der Waals surface area (Å²) in [7, 11) is 0. The minimum Gasteiger partial charge on any atom is -0.119 e. The average molecular weight is 231 g/mol. The van der Waals surface area contributed by atoms with Crippen LogP contribution in [0.25, 0.3) is 0 Å². The van der Waals surface area contributed by atoms with Crippen LogP contribution < -0.4 is 0 Å². The van der Waals surface area contributed by atoms with Crippen LogP contribution in [0, 0.1) is 5.92 Å². The van der Waals surface area contributed by atoms with E-state index in [0.29, 0.717) is 5.92 Å². The lowest BCUT2D eigenvalue weighted by molar-refractivity contribution is 0.440. The van der Waals surface area contributed by atoms with Crippen LogP contribution in [-0.4, -0.2) is 4.87 Å². The molecule has 0 saturated carbocycles. The smallest absolute Gasteiger partial charge is 0.0452 e. The van der Waals surface area contributed by atoms with Gasteiger partial charge >= 0.3 is 0 Å². The van der Waals surface area contributed by atoms with Crippen LogP contribution in [0.1, 0.15) is 65.7 Å². The third-order valence-corrected chi connectivity index (χ3v) is 3.32. The van der Waals surface area contributed by atoms with E-state index in [4.69, 9.17) is 11.6 Å². The summed E-state index contributed by atoms with van der Waals surface area (Å²) in [6, 6.07) is 0. The van der Waals surface area contributed by atoms with Crippen molar-refractivity contribution < 1.29 is 0 Å². The molecule has 90 valence electrons. The Labute approximate surface area is 101 Å². The maximum atomic E-state index is 6.29. The first-order chi connectivity index (χ1) is 7.02. The third kappa shape index (κ3) is 7.90. The van der Waals surface area contributed by atoms with Crippen molar-refractivity contribution in [1.29, 1.82) is 0 Å². The molecule has 1 atom stereocenters. The lowest BCUT2D eigenvalue weighted by atomic mass is 9.89. The molecule has 0 rings (SSSR count). The maximum absolute atomic E-state index is 6.29. The molecule has 0 aromatic carbocycles. The fourth-order valence-corrected chi connectivity index (χ4v) is 2.08. The zero-order chi connectivity index (χ0) is 11.7. The second kappa shape index (κ2) is 8.21. The van der Waals surface area contributed by atoms with Crippen LogP contribution in [0.2, 0.25) is 0 Å². The molecule has 0 bridgehead atoms. The van der Waals surface area contributed by atoms with Crippen LogP contribution in [0.5, 0.6) is 0 Å². The van der Waals surface area contributed by atoms with Crippen LogP contribution >= 0.6 is 11.6 Å². The number of alkyl halides is 1. The Hall–Kier alpha value is 0.0300. The predicted molar refractivity (Wildman–Crippen MR) is 71.6 cm³/mol. The largest absolute Gasteiger partial charge is 0.119 e. The monoisotopic (exact) mass is 230 g/mol. The number of halogens is 1. The van der Waals surface area contributed by atoms with E-state index in [1.807, 2.05) is 6.08 Å². The molecule has 1 unspecified atom stereocenters. The molecule has 1 heteroatoms. The Morgan fingerprint density at radius 3 is 2.13 bits per heavy atom. The second-order valence-corrected chi connectivity index (χ2v) is 5.94. The number of rotatable bonds is 9. The fraction of sp³-hybridized carbons (Fsp3) is 0.857. The van der Waals surface area contributed by atoms with E-state index in [0.717, 1.165) is 0 Å². The highest BCUT2D eigenvalue weighted by molar-refractivity contribution is 6.23. The van der Waals surface area contributed by atoms with Gasteiger partial charge in [-0.1, -0.05) is 51.5 Å². The molecule has 0 amide bonds. The van der Waals surface area contributed by atoms with Crippen molar-refractivity contribution in [1.82, 2.24) is 0 Å². The van der Waals surface area contributed by atoms with Crippen molar-refractivity contribution in [3.05, 3.63) is 12.7 Å². The SMILES string of the molecule is C=CC(CCCCCCCC)C(C)(C)Cl. The van der Waals surface area contributed by atoms with Crippen molar-refractivity contribution in [2.45, 2.75) is 70.6 Å². The summed E-state index contributed by atoms with van der Waals surface area (Å²) in [6.07, 6.45) is 11.3. The van der Waals surface area contributed by atoms with Crippen molar-refractivity contribution in [3.8, 4) is 0 Å². The van der Waals surface area contributed by atoms with Crippen LogP contribution in [0.15, 0.2) is 12.7 Å². The normalized spacial score (nSPS) is 13.9. The van der Waals surface area contributed by atoms with Gasteiger partial charge in [0.25, 0.3) is 0 Å². The molecule has 15 heavy (non-hydrogen) atoms. The molecule has 0 aliphatic rings. The lowest BCUT2D eigenvalue weighted by Crippen LogP contribution is -2.22. The molecular formula is C14H27Cl. The zero-order valence-corrected chi connectivity index (χ0v) is 11.4. The first-order valence-electron chi connectivity index (χ1n) is 6.33. The highest BCUT2D eigenvalue weighted by Gasteiger charge is 2.23. The molecule has 0 aliphatic carbocycles. The van der Waals surface area contributed by atoms with Gasteiger partial charge in [-0.05, 0) is 26.2 Å².